The Kier molecular flexibility index (Phi) is 4.10. The fraction of sp³-hybridized carbons (Fsp3) is 0.846. The van der Waals surface area contributed by atoms with Crippen molar-refractivity contribution in [2.24, 2.45) is 0 Å². The highest BCUT2D eigenvalue weighted by Crippen LogP contribution is 2.23. The van der Waals surface area contributed by atoms with Crippen LogP contribution in [-0.2, 0) is 14.3 Å². The first-order valence-electron chi connectivity index (χ1n) is 6.81. The van der Waals surface area contributed by atoms with Crippen molar-refractivity contribution in [3.63, 3.8) is 0 Å². The number of morpholine rings is 1. The summed E-state index contributed by atoms with van der Waals surface area (Å²) in [6, 6.07) is 0. The maximum absolute atomic E-state index is 12.4. The first-order chi connectivity index (χ1) is 8.93. The predicted octanol–water partition coefficient (Wildman–Crippen LogP) is -0.556. The summed E-state index contributed by atoms with van der Waals surface area (Å²) in [7, 11) is 1.78. The molecule has 19 heavy (non-hydrogen) atoms. The van der Waals surface area contributed by atoms with Gasteiger partial charge in [-0.25, -0.2) is 0 Å². The summed E-state index contributed by atoms with van der Waals surface area (Å²) in [5.74, 6) is -0.00469. The molecule has 1 unspecified atom stereocenters. The van der Waals surface area contributed by atoms with E-state index in [0.29, 0.717) is 32.7 Å². The van der Waals surface area contributed by atoms with Crippen molar-refractivity contribution in [2.75, 3.05) is 39.8 Å². The molecular formula is C13H23N3O3. The molecule has 108 valence electrons. The van der Waals surface area contributed by atoms with Crippen molar-refractivity contribution in [1.29, 1.82) is 0 Å². The van der Waals surface area contributed by atoms with Gasteiger partial charge in [0.15, 0.2) is 0 Å². The second-order valence-corrected chi connectivity index (χ2v) is 5.73. The number of hydrogen-bond acceptors (Lipinski definition) is 4. The maximum atomic E-state index is 12.4. The van der Waals surface area contributed by atoms with E-state index in [2.05, 4.69) is 5.32 Å². The van der Waals surface area contributed by atoms with Crippen LogP contribution in [0, 0.1) is 0 Å². The molecule has 0 aliphatic carbocycles. The molecule has 0 aromatic carbocycles. The zero-order chi connectivity index (χ0) is 14.0. The molecule has 0 bridgehead atoms. The number of rotatable bonds is 2. The Bertz CT molecular complexity index is 364. The van der Waals surface area contributed by atoms with Gasteiger partial charge in [0, 0.05) is 33.2 Å². The molecule has 1 N–H and O–H groups in total. The van der Waals surface area contributed by atoms with Crippen LogP contribution in [-0.4, -0.2) is 73.1 Å². The molecule has 2 aliphatic rings. The highest BCUT2D eigenvalue weighted by molar-refractivity contribution is 5.91. The van der Waals surface area contributed by atoms with E-state index in [1.807, 2.05) is 13.8 Å². The summed E-state index contributed by atoms with van der Waals surface area (Å²) in [6.45, 7) is 6.98. The Morgan fingerprint density at radius 1 is 1.47 bits per heavy atom. The zero-order valence-corrected chi connectivity index (χ0v) is 11.9. The lowest BCUT2D eigenvalue weighted by molar-refractivity contribution is -0.158. The maximum Gasteiger partial charge on any atom is 0.247 e. The Morgan fingerprint density at radius 3 is 2.84 bits per heavy atom. The highest BCUT2D eigenvalue weighted by atomic mass is 16.5. The molecule has 2 aliphatic heterocycles. The minimum absolute atomic E-state index is 0.000139. The van der Waals surface area contributed by atoms with Gasteiger partial charge >= 0.3 is 0 Å². The van der Waals surface area contributed by atoms with Crippen molar-refractivity contribution >= 4 is 11.8 Å². The molecule has 2 amide bonds. The quantitative estimate of drug-likeness (QED) is 0.730. The third-order valence-electron chi connectivity index (χ3n) is 3.91. The van der Waals surface area contributed by atoms with Crippen molar-refractivity contribution in [1.82, 2.24) is 15.1 Å². The van der Waals surface area contributed by atoms with E-state index in [1.54, 1.807) is 16.8 Å². The van der Waals surface area contributed by atoms with E-state index in [0.717, 1.165) is 6.54 Å². The molecule has 6 heteroatoms. The molecule has 2 fully saturated rings. The molecule has 6 nitrogen and oxygen atoms in total. The van der Waals surface area contributed by atoms with E-state index in [-0.39, 0.29) is 17.9 Å². The van der Waals surface area contributed by atoms with Gasteiger partial charge in [0.25, 0.3) is 0 Å². The molecule has 0 radical (unpaired) electrons. The number of amides is 2. The molecule has 2 saturated heterocycles. The van der Waals surface area contributed by atoms with E-state index in [1.165, 1.54) is 0 Å². The Hall–Kier alpha value is -1.14. The van der Waals surface area contributed by atoms with E-state index < -0.39 is 5.54 Å². The molecule has 2 heterocycles. The molecule has 2 rings (SSSR count). The summed E-state index contributed by atoms with van der Waals surface area (Å²) >= 11 is 0. The number of carbonyl (C=O) groups is 2. The number of nitrogens with one attached hydrogen (secondary N) is 1. The van der Waals surface area contributed by atoms with Gasteiger partial charge in [0.1, 0.15) is 5.54 Å². The van der Waals surface area contributed by atoms with E-state index in [9.17, 15) is 9.59 Å². The van der Waals surface area contributed by atoms with E-state index >= 15 is 0 Å². The Morgan fingerprint density at radius 2 is 2.21 bits per heavy atom. The van der Waals surface area contributed by atoms with Gasteiger partial charge < -0.3 is 19.9 Å². The number of carbonyl (C=O) groups excluding carboxylic acids is 2. The van der Waals surface area contributed by atoms with Gasteiger partial charge in [-0.1, -0.05) is 0 Å². The minimum atomic E-state index is -0.758. The number of hydrogen-bond donors (Lipinski definition) is 1. The smallest absolute Gasteiger partial charge is 0.247 e. The van der Waals surface area contributed by atoms with Crippen LogP contribution in [0.25, 0.3) is 0 Å². The van der Waals surface area contributed by atoms with Crippen LogP contribution in [0.2, 0.25) is 0 Å². The van der Waals surface area contributed by atoms with Crippen LogP contribution >= 0.6 is 0 Å². The van der Waals surface area contributed by atoms with Crippen molar-refractivity contribution in [3.8, 4) is 0 Å². The summed E-state index contributed by atoms with van der Waals surface area (Å²) in [5, 5.41) is 3.21. The van der Waals surface area contributed by atoms with Crippen molar-refractivity contribution in [2.45, 2.75) is 31.9 Å². The first-order valence-corrected chi connectivity index (χ1v) is 6.81. The van der Waals surface area contributed by atoms with E-state index in [4.69, 9.17) is 4.74 Å². The lowest BCUT2D eigenvalue weighted by Crippen LogP contribution is -2.64. The lowest BCUT2D eigenvalue weighted by Gasteiger charge is -2.45. The van der Waals surface area contributed by atoms with Gasteiger partial charge in [-0.3, -0.25) is 9.59 Å². The zero-order valence-electron chi connectivity index (χ0n) is 11.9. The van der Waals surface area contributed by atoms with Gasteiger partial charge in [-0.15, -0.1) is 0 Å². The number of nitrogens with zero attached hydrogens (tertiary/aromatic N) is 2. The minimum Gasteiger partial charge on any atom is -0.375 e. The lowest BCUT2D eigenvalue weighted by atomic mass is 9.97. The number of likely N-dealkylation sites (N-methyl/N-ethyl adjacent to an activating group) is 1. The van der Waals surface area contributed by atoms with Crippen molar-refractivity contribution in [3.05, 3.63) is 0 Å². The molecule has 1 atom stereocenters. The summed E-state index contributed by atoms with van der Waals surface area (Å²) in [5.41, 5.74) is -0.758. The monoisotopic (exact) mass is 269 g/mol. The van der Waals surface area contributed by atoms with Crippen LogP contribution in [0.5, 0.6) is 0 Å². The summed E-state index contributed by atoms with van der Waals surface area (Å²) < 4.78 is 5.55. The molecule has 0 saturated carbocycles. The normalized spacial score (nSPS) is 27.5. The van der Waals surface area contributed by atoms with Crippen LogP contribution in [0.15, 0.2) is 0 Å². The SMILES string of the molecule is CN1CCN(C(=O)CC2CNCCO2)C(C)(C)C1=O. The van der Waals surface area contributed by atoms with Gasteiger partial charge in [0.05, 0.1) is 19.1 Å². The van der Waals surface area contributed by atoms with Gasteiger partial charge in [-0.05, 0) is 13.8 Å². The summed E-state index contributed by atoms with van der Waals surface area (Å²) in [4.78, 5) is 27.9. The highest BCUT2D eigenvalue weighted by Gasteiger charge is 2.43. The second kappa shape index (κ2) is 5.46. The fourth-order valence-electron chi connectivity index (χ4n) is 2.71. The standard InChI is InChI=1S/C13H23N3O3/c1-13(2)12(18)15(3)5-6-16(13)11(17)8-10-9-14-4-7-19-10/h10,14H,4-9H2,1-3H3. The van der Waals surface area contributed by atoms with Crippen LogP contribution < -0.4 is 5.32 Å². The molecule has 0 aromatic heterocycles. The molecule has 0 aromatic rings. The topological polar surface area (TPSA) is 61.9 Å². The Balaban J connectivity index is 1.99. The van der Waals surface area contributed by atoms with Gasteiger partial charge in [0.2, 0.25) is 11.8 Å². The number of ether oxygens (including phenoxy) is 1. The first kappa shape index (κ1) is 14.3. The fourth-order valence-corrected chi connectivity index (χ4v) is 2.71. The van der Waals surface area contributed by atoms with Crippen LogP contribution in [0.3, 0.4) is 0 Å². The third-order valence-corrected chi connectivity index (χ3v) is 3.91. The average Bonchev–Trinajstić information content (AvgIpc) is 2.37. The largest absolute Gasteiger partial charge is 0.375 e. The Labute approximate surface area is 114 Å². The number of piperazine rings is 1. The summed E-state index contributed by atoms with van der Waals surface area (Å²) in [6.07, 6.45) is 0.264. The van der Waals surface area contributed by atoms with Crippen LogP contribution in [0.4, 0.5) is 0 Å². The predicted molar refractivity (Wildman–Crippen MR) is 70.7 cm³/mol. The molecular weight excluding hydrogens is 246 g/mol. The second-order valence-electron chi connectivity index (χ2n) is 5.73. The van der Waals surface area contributed by atoms with Gasteiger partial charge in [-0.2, -0.15) is 0 Å². The van der Waals surface area contributed by atoms with Crippen molar-refractivity contribution < 1.29 is 14.3 Å². The van der Waals surface area contributed by atoms with Crippen LogP contribution in [0.1, 0.15) is 20.3 Å². The molecule has 0 spiro atoms. The average molecular weight is 269 g/mol. The third kappa shape index (κ3) is 2.90.